The fourth-order valence-electron chi connectivity index (χ4n) is 5.76. The Hall–Kier alpha value is -4.34. The maximum absolute atomic E-state index is 13.6. The van der Waals surface area contributed by atoms with Gasteiger partial charge >= 0.3 is 5.97 Å². The van der Waals surface area contributed by atoms with Crippen LogP contribution >= 0.6 is 0 Å². The molecule has 4 aromatic rings. The van der Waals surface area contributed by atoms with Crippen LogP contribution in [0, 0.1) is 19.3 Å². The molecule has 0 saturated carbocycles. The number of benzene rings is 1. The van der Waals surface area contributed by atoms with Crippen LogP contribution in [0.15, 0.2) is 41.1 Å². The summed E-state index contributed by atoms with van der Waals surface area (Å²) < 4.78 is 18.9. The van der Waals surface area contributed by atoms with E-state index in [9.17, 15) is 14.4 Å². The highest BCUT2D eigenvalue weighted by atomic mass is 16.5. The highest BCUT2D eigenvalue weighted by Crippen LogP contribution is 2.40. The molecule has 0 aliphatic carbocycles. The number of hydrogen-bond acceptors (Lipinski definition) is 7. The van der Waals surface area contributed by atoms with Crippen LogP contribution < -0.4 is 10.1 Å². The predicted octanol–water partition coefficient (Wildman–Crippen LogP) is 4.02. The first-order valence-electron chi connectivity index (χ1n) is 12.7. The smallest absolute Gasteiger partial charge is 0.314 e. The molecule has 6 rings (SSSR count). The lowest BCUT2D eigenvalue weighted by Crippen LogP contribution is -2.48. The number of esters is 1. The van der Waals surface area contributed by atoms with E-state index in [1.165, 1.54) is 0 Å². The fraction of sp³-hybridized carbons (Fsp3) is 0.357. The number of fused-ring (bicyclic) bond motifs is 2. The Balaban J connectivity index is 1.31. The van der Waals surface area contributed by atoms with Gasteiger partial charge in [0, 0.05) is 43.9 Å². The van der Waals surface area contributed by atoms with Crippen LogP contribution in [0.3, 0.4) is 0 Å². The number of amides is 2. The van der Waals surface area contributed by atoms with Crippen LogP contribution in [0.1, 0.15) is 51.3 Å². The van der Waals surface area contributed by atoms with E-state index < -0.39 is 5.41 Å². The second kappa shape index (κ2) is 8.90. The highest BCUT2D eigenvalue weighted by Gasteiger charge is 2.48. The van der Waals surface area contributed by atoms with E-state index >= 15 is 0 Å². The number of carbonyl (C=O) groups is 3. The Morgan fingerprint density at radius 1 is 1.18 bits per heavy atom. The summed E-state index contributed by atoms with van der Waals surface area (Å²) in [4.78, 5) is 40.1. The number of furan rings is 1. The normalized spacial score (nSPS) is 19.3. The van der Waals surface area contributed by atoms with E-state index in [0.29, 0.717) is 71.0 Å². The molecule has 3 aromatic heterocycles. The fourth-order valence-corrected chi connectivity index (χ4v) is 5.76. The Morgan fingerprint density at radius 3 is 2.79 bits per heavy atom. The molecule has 2 aliphatic rings. The van der Waals surface area contributed by atoms with Gasteiger partial charge < -0.3 is 24.1 Å². The Morgan fingerprint density at radius 2 is 2.03 bits per heavy atom. The van der Waals surface area contributed by atoms with Gasteiger partial charge in [-0.1, -0.05) is 0 Å². The number of carbonyl (C=O) groups excluding carboxylic acids is 3. The van der Waals surface area contributed by atoms with Gasteiger partial charge in [0.15, 0.2) is 5.75 Å². The lowest BCUT2D eigenvalue weighted by Gasteiger charge is -2.37. The molecule has 2 amide bonds. The minimum atomic E-state index is -0.589. The molecule has 2 saturated heterocycles. The van der Waals surface area contributed by atoms with Crippen molar-refractivity contribution in [1.29, 1.82) is 0 Å². The molecule has 0 unspecified atom stereocenters. The molecule has 1 spiro atoms. The van der Waals surface area contributed by atoms with E-state index in [1.807, 2.05) is 6.92 Å². The van der Waals surface area contributed by atoms with Gasteiger partial charge in [-0.2, -0.15) is 5.10 Å². The number of nitrogens with zero attached hydrogens (tertiary/aromatic N) is 3. The zero-order chi connectivity index (χ0) is 26.6. The maximum Gasteiger partial charge on any atom is 0.314 e. The number of rotatable bonds is 4. The third kappa shape index (κ3) is 3.70. The van der Waals surface area contributed by atoms with Crippen LogP contribution in [0.5, 0.6) is 11.5 Å². The van der Waals surface area contributed by atoms with Gasteiger partial charge in [0.1, 0.15) is 22.6 Å². The minimum absolute atomic E-state index is 0.132. The van der Waals surface area contributed by atoms with Crippen molar-refractivity contribution in [2.24, 2.45) is 5.41 Å². The maximum atomic E-state index is 13.6. The first-order valence-corrected chi connectivity index (χ1v) is 12.7. The van der Waals surface area contributed by atoms with Crippen molar-refractivity contribution in [3.63, 3.8) is 0 Å². The average molecular weight is 517 g/mol. The number of piperidine rings is 1. The van der Waals surface area contributed by atoms with Crippen molar-refractivity contribution >= 4 is 34.3 Å². The molecule has 2 aliphatic heterocycles. The largest absolute Gasteiger partial charge is 0.465 e. The van der Waals surface area contributed by atoms with Gasteiger partial charge in [-0.05, 0) is 50.8 Å². The van der Waals surface area contributed by atoms with Gasteiger partial charge in [0.05, 0.1) is 29.3 Å². The van der Waals surface area contributed by atoms with Crippen LogP contribution in [0.2, 0.25) is 0 Å². The lowest BCUT2D eigenvalue weighted by atomic mass is 9.78. The Bertz CT molecular complexity index is 1620. The van der Waals surface area contributed by atoms with Crippen molar-refractivity contribution in [3.8, 4) is 11.5 Å². The summed E-state index contributed by atoms with van der Waals surface area (Å²) >= 11 is 0. The molecule has 0 bridgehead atoms. The monoisotopic (exact) mass is 516 g/mol. The minimum Gasteiger partial charge on any atom is -0.465 e. The van der Waals surface area contributed by atoms with Crippen LogP contribution in [0.4, 0.5) is 0 Å². The SMILES string of the molecule is CNC(=O)c1c(C)oc2cc(Oc3ccnn4cc(C(=O)N5CCC[C@@]6(CCOC6=O)C5)c(C)c34)ccc12. The second-order valence-corrected chi connectivity index (χ2v) is 10.0. The summed E-state index contributed by atoms with van der Waals surface area (Å²) in [6.45, 7) is 5.00. The number of ether oxygens (including phenoxy) is 2. The number of hydrogen-bond donors (Lipinski definition) is 1. The first-order chi connectivity index (χ1) is 18.3. The summed E-state index contributed by atoms with van der Waals surface area (Å²) in [7, 11) is 1.58. The van der Waals surface area contributed by atoms with Gasteiger partial charge in [0.25, 0.3) is 11.8 Å². The van der Waals surface area contributed by atoms with Gasteiger partial charge in [-0.3, -0.25) is 14.4 Å². The zero-order valence-electron chi connectivity index (χ0n) is 21.5. The molecule has 38 heavy (non-hydrogen) atoms. The number of likely N-dealkylation sites (tertiary alicyclic amines) is 1. The van der Waals surface area contributed by atoms with Gasteiger partial charge in [0.2, 0.25) is 0 Å². The van der Waals surface area contributed by atoms with E-state index in [-0.39, 0.29) is 17.8 Å². The van der Waals surface area contributed by atoms with Gasteiger partial charge in [-0.25, -0.2) is 4.52 Å². The number of aromatic nitrogens is 2. The summed E-state index contributed by atoms with van der Waals surface area (Å²) in [6, 6.07) is 7.06. The first kappa shape index (κ1) is 24.0. The molecule has 2 fully saturated rings. The number of aryl methyl sites for hydroxylation is 2. The molecule has 196 valence electrons. The lowest BCUT2D eigenvalue weighted by molar-refractivity contribution is -0.148. The highest BCUT2D eigenvalue weighted by molar-refractivity contribution is 6.07. The molecule has 1 aromatic carbocycles. The van der Waals surface area contributed by atoms with Crippen molar-refractivity contribution < 1.29 is 28.3 Å². The molecule has 10 nitrogen and oxygen atoms in total. The van der Waals surface area contributed by atoms with E-state index in [0.717, 1.165) is 18.4 Å². The predicted molar refractivity (Wildman–Crippen MR) is 137 cm³/mol. The summed E-state index contributed by atoms with van der Waals surface area (Å²) in [6.07, 6.45) is 5.48. The molecular formula is C28H28N4O6. The van der Waals surface area contributed by atoms with E-state index in [2.05, 4.69) is 10.4 Å². The van der Waals surface area contributed by atoms with E-state index in [4.69, 9.17) is 13.9 Å². The van der Waals surface area contributed by atoms with Crippen LogP contribution in [0.25, 0.3) is 16.5 Å². The summed E-state index contributed by atoms with van der Waals surface area (Å²) in [5.41, 5.74) is 2.37. The molecular weight excluding hydrogens is 488 g/mol. The molecule has 10 heteroatoms. The topological polar surface area (TPSA) is 115 Å². The zero-order valence-corrected chi connectivity index (χ0v) is 21.5. The van der Waals surface area contributed by atoms with Crippen LogP contribution in [-0.2, 0) is 9.53 Å². The second-order valence-electron chi connectivity index (χ2n) is 10.0. The molecule has 1 atom stereocenters. The van der Waals surface area contributed by atoms with Crippen molar-refractivity contribution in [2.45, 2.75) is 33.1 Å². The number of nitrogens with one attached hydrogen (secondary N) is 1. The molecule has 0 radical (unpaired) electrons. The molecule has 5 heterocycles. The molecule has 1 N–H and O–H groups in total. The van der Waals surface area contributed by atoms with Crippen LogP contribution in [-0.4, -0.2) is 59.0 Å². The van der Waals surface area contributed by atoms with Crippen molar-refractivity contribution in [3.05, 3.63) is 59.1 Å². The third-order valence-electron chi connectivity index (χ3n) is 7.75. The van der Waals surface area contributed by atoms with Crippen molar-refractivity contribution in [1.82, 2.24) is 19.8 Å². The Kier molecular flexibility index (Phi) is 5.62. The number of cyclic esters (lactones) is 1. The summed E-state index contributed by atoms with van der Waals surface area (Å²) in [5, 5.41) is 7.74. The average Bonchev–Trinajstić information content (AvgIpc) is 3.55. The van der Waals surface area contributed by atoms with E-state index in [1.54, 1.807) is 60.0 Å². The van der Waals surface area contributed by atoms with Gasteiger partial charge in [-0.15, -0.1) is 0 Å². The quantitative estimate of drug-likeness (QED) is 0.408. The van der Waals surface area contributed by atoms with Crippen molar-refractivity contribution in [2.75, 3.05) is 26.7 Å². The summed E-state index contributed by atoms with van der Waals surface area (Å²) in [5.74, 6) is 1.04. The third-order valence-corrected chi connectivity index (χ3v) is 7.75. The Labute approximate surface area is 218 Å². The standard InChI is InChI=1S/C28H28N4O6/c1-16-20(26(34)31-11-4-8-28(15-31)9-12-36-27(28)35)14-32-24(16)21(7-10-30-32)38-18-5-6-19-22(13-18)37-17(2)23(19)25(33)29-3/h5-7,10,13-14H,4,8-9,11-12,15H2,1-3H3,(H,29,33)/t28-/m1/s1.